The first-order chi connectivity index (χ1) is 17.5. The molecule has 0 bridgehead atoms. The molecule has 0 aliphatic heterocycles. The quantitative estimate of drug-likeness (QED) is 0.168. The van der Waals surface area contributed by atoms with Crippen molar-refractivity contribution in [3.63, 3.8) is 0 Å². The number of carboxylic acid groups (broad SMARTS) is 1. The number of carbonyl (C=O) groups excluding carboxylic acids is 1. The minimum absolute atomic E-state index is 0.154. The highest BCUT2D eigenvalue weighted by molar-refractivity contribution is 5.95. The van der Waals surface area contributed by atoms with Crippen molar-refractivity contribution in [1.82, 2.24) is 4.90 Å². The van der Waals surface area contributed by atoms with Crippen molar-refractivity contribution in [2.75, 3.05) is 6.61 Å². The first kappa shape index (κ1) is 28.7. The Balaban J connectivity index is 0.00000145. The average Bonchev–Trinajstić information content (AvgIpc) is 3.44. The predicted octanol–water partition coefficient (Wildman–Crippen LogP) is 6.54. The van der Waals surface area contributed by atoms with Crippen LogP contribution in [0.4, 0.5) is 0 Å². The Morgan fingerprint density at radius 2 is 1.72 bits per heavy atom. The Labute approximate surface area is 213 Å². The third-order valence-electron chi connectivity index (χ3n) is 6.00. The summed E-state index contributed by atoms with van der Waals surface area (Å²) >= 11 is 0. The van der Waals surface area contributed by atoms with Crippen LogP contribution in [0.3, 0.4) is 0 Å². The molecule has 1 aromatic heterocycles. The van der Waals surface area contributed by atoms with E-state index in [9.17, 15) is 9.90 Å². The van der Waals surface area contributed by atoms with E-state index in [0.717, 1.165) is 30.4 Å². The van der Waals surface area contributed by atoms with E-state index >= 15 is 0 Å². The highest BCUT2D eigenvalue weighted by Crippen LogP contribution is 2.31. The zero-order valence-electron chi connectivity index (χ0n) is 21.3. The number of para-hydroxylation sites is 1. The van der Waals surface area contributed by atoms with Gasteiger partial charge in [0.1, 0.15) is 5.75 Å². The summed E-state index contributed by atoms with van der Waals surface area (Å²) in [5.74, 6) is 0.409. The summed E-state index contributed by atoms with van der Waals surface area (Å²) in [6.07, 6.45) is 7.35. The molecule has 2 atom stereocenters. The highest BCUT2D eigenvalue weighted by Gasteiger charge is 2.30. The summed E-state index contributed by atoms with van der Waals surface area (Å²) in [7, 11) is 0. The van der Waals surface area contributed by atoms with Gasteiger partial charge < -0.3 is 24.3 Å². The molecule has 0 aliphatic rings. The normalized spacial score (nSPS) is 12.1. The molecule has 2 aromatic carbocycles. The van der Waals surface area contributed by atoms with Gasteiger partial charge in [-0.1, -0.05) is 63.4 Å². The van der Waals surface area contributed by atoms with Crippen LogP contribution in [-0.4, -0.2) is 40.1 Å². The molecule has 7 nitrogen and oxygen atoms in total. The maximum atomic E-state index is 13.5. The Bertz CT molecular complexity index is 1030. The van der Waals surface area contributed by atoms with Gasteiger partial charge in [-0.2, -0.15) is 0 Å². The number of nitrogens with zero attached hydrogens (tertiary/aromatic N) is 1. The summed E-state index contributed by atoms with van der Waals surface area (Å²) in [6, 6.07) is 16.5. The molecule has 0 fully saturated rings. The Morgan fingerprint density at radius 1 is 1.03 bits per heavy atom. The fraction of sp³-hybridized carbons (Fsp3) is 0.379. The number of hydrogen-bond acceptors (Lipinski definition) is 5. The van der Waals surface area contributed by atoms with Crippen LogP contribution in [0.2, 0.25) is 0 Å². The average molecular weight is 496 g/mol. The fourth-order valence-corrected chi connectivity index (χ4v) is 3.82. The van der Waals surface area contributed by atoms with Crippen molar-refractivity contribution >= 4 is 12.4 Å². The van der Waals surface area contributed by atoms with E-state index in [0.29, 0.717) is 23.5 Å². The molecule has 1 amide bonds. The summed E-state index contributed by atoms with van der Waals surface area (Å²) < 4.78 is 11.2. The van der Waals surface area contributed by atoms with Crippen LogP contribution in [0.15, 0.2) is 71.5 Å². The van der Waals surface area contributed by atoms with Crippen molar-refractivity contribution < 1.29 is 29.0 Å². The first-order valence-electron chi connectivity index (χ1n) is 12.4. The van der Waals surface area contributed by atoms with Crippen LogP contribution in [0, 0.1) is 0 Å². The molecule has 0 saturated carbocycles. The number of aliphatic hydroxyl groups is 1. The number of furan rings is 1. The summed E-state index contributed by atoms with van der Waals surface area (Å²) in [5, 5.41) is 18.2. The van der Waals surface area contributed by atoms with E-state index in [4.69, 9.17) is 19.1 Å². The molecule has 36 heavy (non-hydrogen) atoms. The highest BCUT2D eigenvalue weighted by atomic mass is 16.5. The molecule has 194 valence electrons. The number of benzene rings is 2. The Hall–Kier alpha value is -3.58. The summed E-state index contributed by atoms with van der Waals surface area (Å²) in [6.45, 7) is 6.49. The van der Waals surface area contributed by atoms with Gasteiger partial charge in [-0.25, -0.2) is 0 Å². The molecule has 3 aromatic rings. The van der Waals surface area contributed by atoms with Gasteiger partial charge in [-0.05, 0) is 49.6 Å². The van der Waals surface area contributed by atoms with Crippen LogP contribution in [0.5, 0.6) is 5.75 Å². The predicted molar refractivity (Wildman–Crippen MR) is 140 cm³/mol. The van der Waals surface area contributed by atoms with E-state index in [1.807, 2.05) is 56.3 Å². The lowest BCUT2D eigenvalue weighted by molar-refractivity contribution is -0.122. The Morgan fingerprint density at radius 3 is 2.33 bits per heavy atom. The van der Waals surface area contributed by atoms with Gasteiger partial charge in [-0.15, -0.1) is 0 Å². The maximum Gasteiger partial charge on any atom is 0.290 e. The maximum absolute atomic E-state index is 13.5. The second-order valence-electron chi connectivity index (χ2n) is 8.49. The third-order valence-corrected chi connectivity index (χ3v) is 6.00. The van der Waals surface area contributed by atoms with Crippen LogP contribution < -0.4 is 4.74 Å². The number of rotatable bonds is 12. The molecule has 0 spiro atoms. The van der Waals surface area contributed by atoms with Crippen molar-refractivity contribution in [3.05, 3.63) is 78.3 Å². The third kappa shape index (κ3) is 7.99. The lowest BCUT2D eigenvalue weighted by Gasteiger charge is -2.34. The molecule has 2 unspecified atom stereocenters. The Kier molecular flexibility index (Phi) is 12.3. The minimum atomic E-state index is -1.10. The number of aliphatic hydroxyl groups excluding tert-OH is 1. The van der Waals surface area contributed by atoms with Gasteiger partial charge in [0.05, 0.1) is 19.1 Å². The molecule has 0 saturated heterocycles. The fourth-order valence-electron chi connectivity index (χ4n) is 3.82. The van der Waals surface area contributed by atoms with Gasteiger partial charge in [0.2, 0.25) is 0 Å². The van der Waals surface area contributed by atoms with E-state index in [2.05, 4.69) is 6.92 Å². The van der Waals surface area contributed by atoms with E-state index in [1.165, 1.54) is 12.8 Å². The zero-order valence-corrected chi connectivity index (χ0v) is 21.3. The van der Waals surface area contributed by atoms with Gasteiger partial charge in [-0.3, -0.25) is 9.59 Å². The summed E-state index contributed by atoms with van der Waals surface area (Å²) in [5.41, 5.74) is 3.06. The first-order valence-corrected chi connectivity index (χ1v) is 12.4. The second-order valence-corrected chi connectivity index (χ2v) is 8.49. The van der Waals surface area contributed by atoms with Gasteiger partial charge >= 0.3 is 0 Å². The standard InChI is InChI=1S/C28H35NO4.CH2O2/c1-4-6-7-10-18-33-26-12-9-8-11-25(26)28(31)29(21(3)5-2)27(30)23-15-13-22(14-16-23)24-17-19-32-20-24;2-1-3/h8-9,11-17,19-21,28,31H,4-7,10,18H2,1-3H3;1H,(H,2,3). The van der Waals surface area contributed by atoms with Crippen LogP contribution in [0.25, 0.3) is 11.1 Å². The molecule has 3 rings (SSSR count). The largest absolute Gasteiger partial charge is 0.493 e. The number of ether oxygens (including phenoxy) is 1. The lowest BCUT2D eigenvalue weighted by atomic mass is 10.0. The van der Waals surface area contributed by atoms with Crippen LogP contribution >= 0.6 is 0 Å². The van der Waals surface area contributed by atoms with Crippen molar-refractivity contribution in [2.45, 2.75) is 65.1 Å². The second kappa shape index (κ2) is 15.4. The van der Waals surface area contributed by atoms with Crippen LogP contribution in [0.1, 0.15) is 75.0 Å². The van der Waals surface area contributed by atoms with E-state index in [-0.39, 0.29) is 18.4 Å². The van der Waals surface area contributed by atoms with E-state index in [1.54, 1.807) is 29.6 Å². The SMILES string of the molecule is CCCCCCOc1ccccc1C(O)N(C(=O)c1ccc(-c2ccoc2)cc1)C(C)CC.O=CO. The monoisotopic (exact) mass is 495 g/mol. The minimum Gasteiger partial charge on any atom is -0.493 e. The smallest absolute Gasteiger partial charge is 0.290 e. The zero-order chi connectivity index (χ0) is 26.3. The van der Waals surface area contributed by atoms with Crippen molar-refractivity contribution in [1.29, 1.82) is 0 Å². The molecular weight excluding hydrogens is 458 g/mol. The van der Waals surface area contributed by atoms with Crippen molar-refractivity contribution in [3.8, 4) is 16.9 Å². The molecular formula is C29H37NO6. The molecule has 2 N–H and O–H groups in total. The molecule has 0 aliphatic carbocycles. The molecule has 7 heteroatoms. The van der Waals surface area contributed by atoms with Gasteiger partial charge in [0, 0.05) is 22.7 Å². The van der Waals surface area contributed by atoms with E-state index < -0.39 is 6.23 Å². The number of amides is 1. The molecule has 1 heterocycles. The van der Waals surface area contributed by atoms with Gasteiger partial charge in [0.25, 0.3) is 12.4 Å². The lowest BCUT2D eigenvalue weighted by Crippen LogP contribution is -2.41. The topological polar surface area (TPSA) is 100 Å². The van der Waals surface area contributed by atoms with Crippen LogP contribution in [-0.2, 0) is 4.79 Å². The number of unbranched alkanes of at least 4 members (excludes halogenated alkanes) is 3. The van der Waals surface area contributed by atoms with Gasteiger partial charge in [0.15, 0.2) is 6.23 Å². The van der Waals surface area contributed by atoms with Crippen molar-refractivity contribution in [2.24, 2.45) is 0 Å². The number of hydrogen-bond donors (Lipinski definition) is 2. The summed E-state index contributed by atoms with van der Waals surface area (Å²) in [4.78, 5) is 23.4. The number of carbonyl (C=O) groups is 2. The molecule has 0 radical (unpaired) electrons.